The molecule has 0 radical (unpaired) electrons. The zero-order valence-corrected chi connectivity index (χ0v) is 10.0. The molecule has 3 nitrogen and oxygen atoms in total. The molecule has 3 heteroatoms. The zero-order chi connectivity index (χ0) is 12.1. The van der Waals surface area contributed by atoms with Crippen LogP contribution in [0, 0.1) is 5.92 Å². The highest BCUT2D eigenvalue weighted by Crippen LogP contribution is 2.46. The summed E-state index contributed by atoms with van der Waals surface area (Å²) >= 11 is 0. The van der Waals surface area contributed by atoms with Gasteiger partial charge in [0.05, 0.1) is 24.3 Å². The fourth-order valence-electron chi connectivity index (χ4n) is 3.46. The predicted octanol–water partition coefficient (Wildman–Crippen LogP) is 2.82. The molecule has 2 aliphatic rings. The Labute approximate surface area is 105 Å². The Balaban J connectivity index is 1.91. The topological polar surface area (TPSA) is 34.9 Å². The number of hydrogen-bond acceptors (Lipinski definition) is 2. The summed E-state index contributed by atoms with van der Waals surface area (Å²) < 4.78 is 2.18. The number of hydrogen-bond donors (Lipinski definition) is 0. The average Bonchev–Trinajstić information content (AvgIpc) is 3.05. The van der Waals surface area contributed by atoms with Crippen molar-refractivity contribution in [1.29, 1.82) is 0 Å². The van der Waals surface area contributed by atoms with Gasteiger partial charge in [0, 0.05) is 17.9 Å². The SMILES string of the molecule is O=C1CCC[C@@H]1[C@@H]1c2ccccc2-c2cncn21. The first-order valence-corrected chi connectivity index (χ1v) is 6.50. The van der Waals surface area contributed by atoms with Crippen molar-refractivity contribution in [3.8, 4) is 11.3 Å². The van der Waals surface area contributed by atoms with Crippen LogP contribution in [0.2, 0.25) is 0 Å². The molecule has 2 atom stereocenters. The van der Waals surface area contributed by atoms with Crippen molar-refractivity contribution in [3.63, 3.8) is 0 Å². The normalized spacial score (nSPS) is 25.2. The molecule has 0 unspecified atom stereocenters. The van der Waals surface area contributed by atoms with Crippen molar-refractivity contribution in [3.05, 3.63) is 42.4 Å². The fraction of sp³-hybridized carbons (Fsp3) is 0.333. The van der Waals surface area contributed by atoms with Crippen molar-refractivity contribution in [1.82, 2.24) is 9.55 Å². The first-order chi connectivity index (χ1) is 8.86. The van der Waals surface area contributed by atoms with Crippen molar-refractivity contribution >= 4 is 5.78 Å². The van der Waals surface area contributed by atoms with Gasteiger partial charge in [-0.15, -0.1) is 0 Å². The highest BCUT2D eigenvalue weighted by atomic mass is 16.1. The third-order valence-electron chi connectivity index (χ3n) is 4.25. The Bertz CT molecular complexity index is 629. The van der Waals surface area contributed by atoms with Crippen molar-refractivity contribution in [2.75, 3.05) is 0 Å². The van der Waals surface area contributed by atoms with Gasteiger partial charge in [-0.1, -0.05) is 24.3 Å². The third kappa shape index (κ3) is 1.19. The maximum Gasteiger partial charge on any atom is 0.138 e. The quantitative estimate of drug-likeness (QED) is 0.765. The molecule has 1 aliphatic heterocycles. The fourth-order valence-corrected chi connectivity index (χ4v) is 3.46. The van der Waals surface area contributed by atoms with Gasteiger partial charge in [0.15, 0.2) is 0 Å². The smallest absolute Gasteiger partial charge is 0.138 e. The molecule has 2 heterocycles. The molecule has 0 bridgehead atoms. The lowest BCUT2D eigenvalue weighted by Crippen LogP contribution is -2.20. The lowest BCUT2D eigenvalue weighted by atomic mass is 9.90. The number of Topliss-reactive ketones (excluding diaryl/α,β-unsaturated/α-hetero) is 1. The number of carbonyl (C=O) groups excluding carboxylic acids is 1. The van der Waals surface area contributed by atoms with Gasteiger partial charge in [-0.25, -0.2) is 4.98 Å². The second kappa shape index (κ2) is 3.55. The van der Waals surface area contributed by atoms with Gasteiger partial charge in [-0.3, -0.25) is 4.79 Å². The number of fused-ring (bicyclic) bond motifs is 3. The lowest BCUT2D eigenvalue weighted by molar-refractivity contribution is -0.121. The summed E-state index contributed by atoms with van der Waals surface area (Å²) in [4.78, 5) is 16.3. The van der Waals surface area contributed by atoms with E-state index in [-0.39, 0.29) is 12.0 Å². The molecule has 1 aromatic carbocycles. The summed E-state index contributed by atoms with van der Waals surface area (Å²) in [6.07, 6.45) is 6.55. The summed E-state index contributed by atoms with van der Waals surface area (Å²) in [6.45, 7) is 0. The van der Waals surface area contributed by atoms with Crippen LogP contribution < -0.4 is 0 Å². The van der Waals surface area contributed by atoms with E-state index in [1.807, 2.05) is 12.5 Å². The van der Waals surface area contributed by atoms with Gasteiger partial charge >= 0.3 is 0 Å². The number of imidazole rings is 1. The van der Waals surface area contributed by atoms with Crippen LogP contribution in [0.4, 0.5) is 0 Å². The Hall–Kier alpha value is -1.90. The summed E-state index contributed by atoms with van der Waals surface area (Å²) in [5, 5.41) is 0. The monoisotopic (exact) mass is 238 g/mol. The molecule has 1 aromatic heterocycles. The summed E-state index contributed by atoms with van der Waals surface area (Å²) in [5.41, 5.74) is 3.67. The minimum atomic E-state index is 0.140. The van der Waals surface area contributed by atoms with Crippen LogP contribution >= 0.6 is 0 Å². The predicted molar refractivity (Wildman–Crippen MR) is 68.2 cm³/mol. The molecule has 0 saturated heterocycles. The maximum atomic E-state index is 12.1. The largest absolute Gasteiger partial charge is 0.322 e. The molecule has 0 N–H and O–H groups in total. The van der Waals surface area contributed by atoms with E-state index in [1.54, 1.807) is 0 Å². The number of benzene rings is 1. The van der Waals surface area contributed by atoms with Crippen LogP contribution in [0.3, 0.4) is 0 Å². The molecule has 2 aromatic rings. The minimum Gasteiger partial charge on any atom is -0.322 e. The second-order valence-electron chi connectivity index (χ2n) is 5.18. The van der Waals surface area contributed by atoms with E-state index in [9.17, 15) is 4.79 Å². The number of rotatable bonds is 1. The van der Waals surface area contributed by atoms with Gasteiger partial charge in [0.2, 0.25) is 0 Å². The van der Waals surface area contributed by atoms with E-state index < -0.39 is 0 Å². The molecule has 0 amide bonds. The van der Waals surface area contributed by atoms with E-state index in [0.717, 1.165) is 25.0 Å². The molecule has 1 saturated carbocycles. The van der Waals surface area contributed by atoms with Crippen molar-refractivity contribution in [2.24, 2.45) is 5.92 Å². The molecule has 1 fully saturated rings. The van der Waals surface area contributed by atoms with Gasteiger partial charge < -0.3 is 4.57 Å². The Morgan fingerprint density at radius 2 is 2.17 bits per heavy atom. The van der Waals surface area contributed by atoms with E-state index >= 15 is 0 Å². The van der Waals surface area contributed by atoms with Crippen LogP contribution in [0.15, 0.2) is 36.8 Å². The van der Waals surface area contributed by atoms with Gasteiger partial charge in [-0.05, 0) is 18.4 Å². The van der Waals surface area contributed by atoms with E-state index in [0.29, 0.717) is 5.78 Å². The van der Waals surface area contributed by atoms with Crippen LogP contribution in [0.5, 0.6) is 0 Å². The second-order valence-corrected chi connectivity index (χ2v) is 5.18. The highest BCUT2D eigenvalue weighted by molar-refractivity contribution is 5.85. The number of carbonyl (C=O) groups is 1. The van der Waals surface area contributed by atoms with Gasteiger partial charge in [0.1, 0.15) is 5.78 Å². The van der Waals surface area contributed by atoms with E-state index in [1.165, 1.54) is 11.1 Å². The first-order valence-electron chi connectivity index (χ1n) is 6.50. The van der Waals surface area contributed by atoms with Crippen LogP contribution in [0.1, 0.15) is 30.9 Å². The third-order valence-corrected chi connectivity index (χ3v) is 4.25. The van der Waals surface area contributed by atoms with E-state index in [2.05, 4.69) is 33.8 Å². The molecule has 1 aliphatic carbocycles. The highest BCUT2D eigenvalue weighted by Gasteiger charge is 2.39. The number of aromatic nitrogens is 2. The zero-order valence-electron chi connectivity index (χ0n) is 10.0. The summed E-state index contributed by atoms with van der Waals surface area (Å²) in [5.74, 6) is 0.554. The summed E-state index contributed by atoms with van der Waals surface area (Å²) in [6, 6.07) is 8.56. The van der Waals surface area contributed by atoms with Crippen molar-refractivity contribution in [2.45, 2.75) is 25.3 Å². The number of ketones is 1. The maximum absolute atomic E-state index is 12.1. The van der Waals surface area contributed by atoms with Crippen LogP contribution in [-0.2, 0) is 4.79 Å². The lowest BCUT2D eigenvalue weighted by Gasteiger charge is -2.20. The van der Waals surface area contributed by atoms with Crippen LogP contribution in [-0.4, -0.2) is 15.3 Å². The Morgan fingerprint density at radius 1 is 1.28 bits per heavy atom. The Morgan fingerprint density at radius 3 is 3.00 bits per heavy atom. The molecular formula is C15H14N2O. The average molecular weight is 238 g/mol. The summed E-state index contributed by atoms with van der Waals surface area (Å²) in [7, 11) is 0. The minimum absolute atomic E-state index is 0.140. The number of nitrogens with zero attached hydrogens (tertiary/aromatic N) is 2. The van der Waals surface area contributed by atoms with Crippen LogP contribution in [0.25, 0.3) is 11.3 Å². The van der Waals surface area contributed by atoms with Crippen molar-refractivity contribution < 1.29 is 4.79 Å². The van der Waals surface area contributed by atoms with Gasteiger partial charge in [0.25, 0.3) is 0 Å². The van der Waals surface area contributed by atoms with E-state index in [4.69, 9.17) is 0 Å². The molecule has 90 valence electrons. The standard InChI is InChI=1S/C15H14N2O/c18-14-7-3-6-12(14)15-11-5-2-1-4-10(11)13-8-16-9-17(13)15/h1-2,4-5,8-9,12,15H,3,6-7H2/t12-,15-/m0/s1. The molecule has 4 rings (SSSR count). The first kappa shape index (κ1) is 10.1. The molecule has 18 heavy (non-hydrogen) atoms. The molecular weight excluding hydrogens is 224 g/mol. The Kier molecular flexibility index (Phi) is 1.98. The molecule has 0 spiro atoms. The van der Waals surface area contributed by atoms with Gasteiger partial charge in [-0.2, -0.15) is 0 Å².